The highest BCUT2D eigenvalue weighted by molar-refractivity contribution is 5.95. The van der Waals surface area contributed by atoms with Crippen LogP contribution in [-0.2, 0) is 6.54 Å². The summed E-state index contributed by atoms with van der Waals surface area (Å²) in [6, 6.07) is 13.9. The molecular weight excluding hydrogens is 334 g/mol. The smallest absolute Gasteiger partial charge is 0.259 e. The molecule has 0 saturated carbocycles. The zero-order valence-electron chi connectivity index (χ0n) is 14.6. The van der Waals surface area contributed by atoms with Gasteiger partial charge in [-0.1, -0.05) is 36.4 Å². The van der Waals surface area contributed by atoms with Crippen molar-refractivity contribution in [1.29, 1.82) is 0 Å². The Bertz CT molecular complexity index is 791. The second-order valence-corrected chi connectivity index (χ2v) is 7.52. The number of amides is 1. The summed E-state index contributed by atoms with van der Waals surface area (Å²) in [6.07, 6.45) is 1.91. The first-order chi connectivity index (χ1) is 12.6. The Kier molecular flexibility index (Phi) is 4.49. The van der Waals surface area contributed by atoms with E-state index in [2.05, 4.69) is 17.0 Å². The van der Waals surface area contributed by atoms with Crippen LogP contribution in [0.25, 0.3) is 0 Å². The van der Waals surface area contributed by atoms with Crippen molar-refractivity contribution < 1.29 is 13.6 Å². The predicted molar refractivity (Wildman–Crippen MR) is 95.6 cm³/mol. The van der Waals surface area contributed by atoms with Gasteiger partial charge in [-0.15, -0.1) is 0 Å². The van der Waals surface area contributed by atoms with Gasteiger partial charge < -0.3 is 4.90 Å². The van der Waals surface area contributed by atoms with Crippen molar-refractivity contribution in [2.24, 2.45) is 5.41 Å². The van der Waals surface area contributed by atoms with Crippen LogP contribution in [0.4, 0.5) is 8.78 Å². The average molecular weight is 356 g/mol. The molecule has 26 heavy (non-hydrogen) atoms. The lowest BCUT2D eigenvalue weighted by Crippen LogP contribution is -2.34. The van der Waals surface area contributed by atoms with E-state index in [-0.39, 0.29) is 5.41 Å². The molecule has 2 aromatic carbocycles. The molecule has 3 nitrogen and oxygen atoms in total. The van der Waals surface area contributed by atoms with Gasteiger partial charge in [-0.2, -0.15) is 0 Å². The largest absolute Gasteiger partial charge is 0.338 e. The zero-order chi connectivity index (χ0) is 18.1. The number of carbonyl (C=O) groups excluding carboxylic acids is 1. The Morgan fingerprint density at radius 3 is 2.35 bits per heavy atom. The monoisotopic (exact) mass is 356 g/mol. The van der Waals surface area contributed by atoms with Gasteiger partial charge in [-0.25, -0.2) is 8.78 Å². The van der Waals surface area contributed by atoms with Crippen LogP contribution in [0.15, 0.2) is 48.5 Å². The van der Waals surface area contributed by atoms with E-state index in [4.69, 9.17) is 0 Å². The van der Waals surface area contributed by atoms with Crippen molar-refractivity contribution in [3.8, 4) is 0 Å². The summed E-state index contributed by atoms with van der Waals surface area (Å²) in [5, 5.41) is 0. The van der Waals surface area contributed by atoms with Crippen LogP contribution in [0.3, 0.4) is 0 Å². The lowest BCUT2D eigenvalue weighted by Gasteiger charge is -2.25. The third kappa shape index (κ3) is 3.23. The molecule has 1 spiro atoms. The molecule has 1 unspecified atom stereocenters. The Labute approximate surface area is 152 Å². The van der Waals surface area contributed by atoms with Crippen LogP contribution < -0.4 is 0 Å². The molecule has 1 amide bonds. The van der Waals surface area contributed by atoms with Gasteiger partial charge in [-0.3, -0.25) is 9.69 Å². The number of nitrogens with zero attached hydrogens (tertiary/aromatic N) is 2. The second kappa shape index (κ2) is 6.80. The Balaban J connectivity index is 1.43. The van der Waals surface area contributed by atoms with Gasteiger partial charge in [0.05, 0.1) is 0 Å². The van der Waals surface area contributed by atoms with E-state index < -0.39 is 23.1 Å². The Morgan fingerprint density at radius 2 is 1.62 bits per heavy atom. The van der Waals surface area contributed by atoms with Crippen molar-refractivity contribution in [1.82, 2.24) is 9.80 Å². The normalized spacial score (nSPS) is 23.1. The van der Waals surface area contributed by atoms with E-state index in [0.717, 1.165) is 44.6 Å². The summed E-state index contributed by atoms with van der Waals surface area (Å²) >= 11 is 0. The number of hydrogen-bond donors (Lipinski definition) is 0. The van der Waals surface area contributed by atoms with E-state index in [1.807, 2.05) is 18.2 Å². The lowest BCUT2D eigenvalue weighted by atomic mass is 9.86. The number of hydrogen-bond acceptors (Lipinski definition) is 2. The lowest BCUT2D eigenvalue weighted by molar-refractivity contribution is 0.0763. The van der Waals surface area contributed by atoms with Gasteiger partial charge in [0, 0.05) is 31.6 Å². The van der Waals surface area contributed by atoms with Gasteiger partial charge in [0.1, 0.15) is 17.2 Å². The number of halogens is 2. The molecule has 2 aromatic rings. The maximum atomic E-state index is 13.9. The van der Waals surface area contributed by atoms with E-state index >= 15 is 0 Å². The topological polar surface area (TPSA) is 23.6 Å². The zero-order valence-corrected chi connectivity index (χ0v) is 14.6. The standard InChI is InChI=1S/C21H22F2N2O/c22-17-7-4-8-18(23)19(17)20(26)25-12-10-21(15-25)9-11-24(14-21)13-16-5-2-1-3-6-16/h1-8H,9-15H2. The van der Waals surface area contributed by atoms with E-state index in [0.29, 0.717) is 13.1 Å². The van der Waals surface area contributed by atoms with Crippen LogP contribution in [0.5, 0.6) is 0 Å². The number of benzene rings is 2. The molecule has 0 N–H and O–H groups in total. The third-order valence-corrected chi connectivity index (χ3v) is 5.67. The summed E-state index contributed by atoms with van der Waals surface area (Å²) in [6.45, 7) is 3.95. The van der Waals surface area contributed by atoms with Crippen LogP contribution >= 0.6 is 0 Å². The molecule has 5 heteroatoms. The molecule has 136 valence electrons. The maximum absolute atomic E-state index is 13.9. The van der Waals surface area contributed by atoms with Crippen molar-refractivity contribution in [3.63, 3.8) is 0 Å². The van der Waals surface area contributed by atoms with Gasteiger partial charge in [0.2, 0.25) is 0 Å². The third-order valence-electron chi connectivity index (χ3n) is 5.67. The second-order valence-electron chi connectivity index (χ2n) is 7.52. The minimum absolute atomic E-state index is 0.0478. The van der Waals surface area contributed by atoms with Gasteiger partial charge in [0.15, 0.2) is 0 Å². The first-order valence-corrected chi connectivity index (χ1v) is 9.06. The fourth-order valence-corrected chi connectivity index (χ4v) is 4.31. The summed E-state index contributed by atoms with van der Waals surface area (Å²) in [4.78, 5) is 16.7. The fourth-order valence-electron chi connectivity index (χ4n) is 4.31. The molecule has 2 heterocycles. The molecule has 0 aromatic heterocycles. The summed E-state index contributed by atoms with van der Waals surface area (Å²) in [5.41, 5.74) is 0.902. The highest BCUT2D eigenvalue weighted by Gasteiger charge is 2.45. The minimum atomic E-state index is -0.784. The molecule has 2 saturated heterocycles. The number of likely N-dealkylation sites (tertiary alicyclic amines) is 2. The van der Waals surface area contributed by atoms with Gasteiger partial charge in [-0.05, 0) is 37.1 Å². The van der Waals surface area contributed by atoms with Gasteiger partial charge in [0.25, 0.3) is 5.91 Å². The SMILES string of the molecule is O=C(c1c(F)cccc1F)N1CCC2(CCN(Cc3ccccc3)C2)C1. The quantitative estimate of drug-likeness (QED) is 0.837. The van der Waals surface area contributed by atoms with Crippen LogP contribution in [0, 0.1) is 17.0 Å². The average Bonchev–Trinajstić information content (AvgIpc) is 3.22. The molecule has 2 aliphatic heterocycles. The highest BCUT2D eigenvalue weighted by atomic mass is 19.1. The molecule has 0 radical (unpaired) electrons. The molecule has 2 aliphatic rings. The van der Waals surface area contributed by atoms with Crippen LogP contribution in [0.2, 0.25) is 0 Å². The summed E-state index contributed by atoms with van der Waals surface area (Å²) in [5.74, 6) is -2.10. The van der Waals surface area contributed by atoms with E-state index in [1.54, 1.807) is 4.90 Å². The fraction of sp³-hybridized carbons (Fsp3) is 0.381. The van der Waals surface area contributed by atoms with Crippen LogP contribution in [-0.4, -0.2) is 41.9 Å². The predicted octanol–water partition coefficient (Wildman–Crippen LogP) is 3.70. The summed E-state index contributed by atoms with van der Waals surface area (Å²) < 4.78 is 27.9. The van der Waals surface area contributed by atoms with Gasteiger partial charge >= 0.3 is 0 Å². The number of carbonyl (C=O) groups is 1. The molecule has 0 bridgehead atoms. The molecule has 2 fully saturated rings. The molecule has 1 atom stereocenters. The van der Waals surface area contributed by atoms with Crippen LogP contribution in [0.1, 0.15) is 28.8 Å². The first-order valence-electron chi connectivity index (χ1n) is 9.06. The maximum Gasteiger partial charge on any atom is 0.259 e. The van der Waals surface area contributed by atoms with Crippen molar-refractivity contribution >= 4 is 5.91 Å². The van der Waals surface area contributed by atoms with E-state index in [1.165, 1.54) is 11.6 Å². The Hall–Kier alpha value is -2.27. The summed E-state index contributed by atoms with van der Waals surface area (Å²) in [7, 11) is 0. The first kappa shape index (κ1) is 17.2. The van der Waals surface area contributed by atoms with E-state index in [9.17, 15) is 13.6 Å². The van der Waals surface area contributed by atoms with Crippen molar-refractivity contribution in [2.75, 3.05) is 26.2 Å². The van der Waals surface area contributed by atoms with Crippen molar-refractivity contribution in [2.45, 2.75) is 19.4 Å². The molecular formula is C21H22F2N2O. The molecule has 0 aliphatic carbocycles. The Morgan fingerprint density at radius 1 is 0.923 bits per heavy atom. The number of rotatable bonds is 3. The highest BCUT2D eigenvalue weighted by Crippen LogP contribution is 2.40. The van der Waals surface area contributed by atoms with Crippen molar-refractivity contribution in [3.05, 3.63) is 71.3 Å². The molecule has 4 rings (SSSR count). The minimum Gasteiger partial charge on any atom is -0.338 e.